The van der Waals surface area contributed by atoms with E-state index < -0.39 is 24.1 Å². The highest BCUT2D eigenvalue weighted by Crippen LogP contribution is 2.36. The van der Waals surface area contributed by atoms with E-state index in [1.165, 1.54) is 7.11 Å². The third-order valence-corrected chi connectivity index (χ3v) is 5.02. The molecule has 0 saturated carbocycles. The topological polar surface area (TPSA) is 82.1 Å². The molecule has 0 heterocycles. The molecule has 0 aliphatic carbocycles. The molecule has 0 saturated heterocycles. The molecule has 0 spiro atoms. The van der Waals surface area contributed by atoms with Gasteiger partial charge in [-0.05, 0) is 49.8 Å². The predicted octanol–water partition coefficient (Wildman–Crippen LogP) is 3.28. The molecule has 0 amide bonds. The molecule has 0 aliphatic heterocycles. The molecule has 1 rings (SSSR count). The van der Waals surface area contributed by atoms with Crippen molar-refractivity contribution in [3.8, 4) is 5.75 Å². The predicted molar refractivity (Wildman–Crippen MR) is 97.7 cm³/mol. The minimum Gasteiger partial charge on any atom is -0.497 e. The molecular weight excluding hydrogens is 336 g/mol. The SMILES string of the molecule is CCC(C)(CC(CC(C)c1ccc(OC)cc1)C(=O)OC)C(=O)OCO. The number of methoxy groups -OCH3 is 2. The monoisotopic (exact) mass is 366 g/mol. The van der Waals surface area contributed by atoms with Gasteiger partial charge >= 0.3 is 11.9 Å². The van der Waals surface area contributed by atoms with Crippen molar-refractivity contribution in [3.63, 3.8) is 0 Å². The van der Waals surface area contributed by atoms with Gasteiger partial charge in [0, 0.05) is 0 Å². The van der Waals surface area contributed by atoms with Crippen LogP contribution in [0.25, 0.3) is 0 Å². The molecule has 0 radical (unpaired) electrons. The number of aliphatic hydroxyl groups excluding tert-OH is 1. The highest BCUT2D eigenvalue weighted by Gasteiger charge is 2.38. The number of aliphatic hydroxyl groups is 1. The molecular formula is C20H30O6. The summed E-state index contributed by atoms with van der Waals surface area (Å²) in [5.41, 5.74) is 0.220. The van der Waals surface area contributed by atoms with Crippen LogP contribution in [0.1, 0.15) is 51.5 Å². The smallest absolute Gasteiger partial charge is 0.313 e. The maximum atomic E-state index is 12.3. The highest BCUT2D eigenvalue weighted by molar-refractivity contribution is 5.78. The van der Waals surface area contributed by atoms with Crippen LogP contribution in [0.4, 0.5) is 0 Å². The molecule has 0 aliphatic rings. The fraction of sp³-hybridized carbons (Fsp3) is 0.600. The van der Waals surface area contributed by atoms with Gasteiger partial charge in [-0.3, -0.25) is 9.59 Å². The second-order valence-electron chi connectivity index (χ2n) is 6.81. The zero-order valence-corrected chi connectivity index (χ0v) is 16.3. The summed E-state index contributed by atoms with van der Waals surface area (Å²) in [5.74, 6) is -0.431. The minimum atomic E-state index is -0.860. The van der Waals surface area contributed by atoms with Crippen LogP contribution in [0.5, 0.6) is 5.75 Å². The third kappa shape index (κ3) is 5.73. The molecule has 3 atom stereocenters. The largest absolute Gasteiger partial charge is 0.497 e. The molecule has 0 aromatic heterocycles. The zero-order chi connectivity index (χ0) is 19.7. The molecule has 6 nitrogen and oxygen atoms in total. The quantitative estimate of drug-likeness (QED) is 0.505. The second kappa shape index (κ2) is 10.2. The van der Waals surface area contributed by atoms with Crippen molar-refractivity contribution < 1.29 is 28.9 Å². The van der Waals surface area contributed by atoms with Crippen LogP contribution < -0.4 is 4.74 Å². The maximum Gasteiger partial charge on any atom is 0.313 e. The Morgan fingerprint density at radius 1 is 1.19 bits per heavy atom. The normalized spacial score (nSPS) is 15.5. The zero-order valence-electron chi connectivity index (χ0n) is 16.3. The Bertz CT molecular complexity index is 582. The van der Waals surface area contributed by atoms with Crippen molar-refractivity contribution in [1.29, 1.82) is 0 Å². The van der Waals surface area contributed by atoms with Gasteiger partial charge in [0.05, 0.1) is 25.6 Å². The number of hydrogen-bond acceptors (Lipinski definition) is 6. The van der Waals surface area contributed by atoms with Gasteiger partial charge in [-0.25, -0.2) is 0 Å². The average Bonchev–Trinajstić information content (AvgIpc) is 2.66. The Hall–Kier alpha value is -2.08. The molecule has 26 heavy (non-hydrogen) atoms. The Kier molecular flexibility index (Phi) is 8.58. The van der Waals surface area contributed by atoms with Gasteiger partial charge in [-0.15, -0.1) is 0 Å². The third-order valence-electron chi connectivity index (χ3n) is 5.02. The van der Waals surface area contributed by atoms with E-state index in [4.69, 9.17) is 19.3 Å². The fourth-order valence-electron chi connectivity index (χ4n) is 3.07. The molecule has 3 unspecified atom stereocenters. The van der Waals surface area contributed by atoms with Crippen molar-refractivity contribution in [1.82, 2.24) is 0 Å². The summed E-state index contributed by atoms with van der Waals surface area (Å²) in [5, 5.41) is 8.88. The van der Waals surface area contributed by atoms with Gasteiger partial charge in [0.25, 0.3) is 0 Å². The van der Waals surface area contributed by atoms with E-state index in [1.54, 1.807) is 14.0 Å². The number of carbonyl (C=O) groups is 2. The Balaban J connectivity index is 2.94. The van der Waals surface area contributed by atoms with E-state index >= 15 is 0 Å². The summed E-state index contributed by atoms with van der Waals surface area (Å²) in [6.07, 6.45) is 1.34. The molecule has 0 fully saturated rings. The summed E-state index contributed by atoms with van der Waals surface area (Å²) in [6.45, 7) is 4.98. The first-order valence-electron chi connectivity index (χ1n) is 8.81. The van der Waals surface area contributed by atoms with Crippen LogP contribution in [0.2, 0.25) is 0 Å². The van der Waals surface area contributed by atoms with Crippen molar-refractivity contribution in [2.45, 2.75) is 46.0 Å². The van der Waals surface area contributed by atoms with E-state index in [9.17, 15) is 9.59 Å². The van der Waals surface area contributed by atoms with Crippen LogP contribution in [0, 0.1) is 11.3 Å². The van der Waals surface area contributed by atoms with Crippen molar-refractivity contribution in [2.24, 2.45) is 11.3 Å². The first-order chi connectivity index (χ1) is 12.3. The van der Waals surface area contributed by atoms with E-state index in [0.29, 0.717) is 19.3 Å². The molecule has 6 heteroatoms. The lowest BCUT2D eigenvalue weighted by Crippen LogP contribution is -2.34. The van der Waals surface area contributed by atoms with E-state index in [0.717, 1.165) is 11.3 Å². The van der Waals surface area contributed by atoms with Gasteiger partial charge < -0.3 is 19.3 Å². The van der Waals surface area contributed by atoms with Gasteiger partial charge in [-0.2, -0.15) is 0 Å². The van der Waals surface area contributed by atoms with Crippen LogP contribution in [-0.2, 0) is 19.1 Å². The fourth-order valence-corrected chi connectivity index (χ4v) is 3.07. The van der Waals surface area contributed by atoms with Gasteiger partial charge in [-0.1, -0.05) is 26.0 Å². The molecule has 1 N–H and O–H groups in total. The second-order valence-corrected chi connectivity index (χ2v) is 6.81. The van der Waals surface area contributed by atoms with E-state index in [2.05, 4.69) is 0 Å². The van der Waals surface area contributed by atoms with Crippen LogP contribution in [0.3, 0.4) is 0 Å². The number of ether oxygens (including phenoxy) is 3. The Labute approximate surface area is 155 Å². The van der Waals surface area contributed by atoms with E-state index in [-0.39, 0.29) is 11.9 Å². The standard InChI is InChI=1S/C20H30O6/c1-6-20(3,19(23)26-13-21)12-16(18(22)25-5)11-14(2)15-7-9-17(24-4)10-8-15/h7-10,14,16,21H,6,11-13H2,1-5H3. The van der Waals surface area contributed by atoms with Crippen LogP contribution >= 0.6 is 0 Å². The highest BCUT2D eigenvalue weighted by atomic mass is 16.6. The summed E-state index contributed by atoms with van der Waals surface area (Å²) in [4.78, 5) is 24.5. The van der Waals surface area contributed by atoms with Crippen LogP contribution in [-0.4, -0.2) is 38.1 Å². The number of benzene rings is 1. The van der Waals surface area contributed by atoms with Crippen molar-refractivity contribution >= 4 is 11.9 Å². The van der Waals surface area contributed by atoms with Crippen molar-refractivity contribution in [3.05, 3.63) is 29.8 Å². The first kappa shape index (κ1) is 22.0. The summed E-state index contributed by atoms with van der Waals surface area (Å²) < 4.78 is 14.9. The molecule has 0 bridgehead atoms. The minimum absolute atomic E-state index is 0.0972. The van der Waals surface area contributed by atoms with E-state index in [1.807, 2.05) is 38.1 Å². The lowest BCUT2D eigenvalue weighted by atomic mass is 9.75. The summed E-state index contributed by atoms with van der Waals surface area (Å²) in [6, 6.07) is 7.70. The first-order valence-corrected chi connectivity index (χ1v) is 8.81. The number of rotatable bonds is 10. The van der Waals surface area contributed by atoms with Crippen molar-refractivity contribution in [2.75, 3.05) is 21.0 Å². The summed E-state index contributed by atoms with van der Waals surface area (Å²) >= 11 is 0. The maximum absolute atomic E-state index is 12.3. The molecule has 1 aromatic carbocycles. The van der Waals surface area contributed by atoms with Crippen LogP contribution in [0.15, 0.2) is 24.3 Å². The number of esters is 2. The molecule has 1 aromatic rings. The lowest BCUT2D eigenvalue weighted by Gasteiger charge is -2.30. The Morgan fingerprint density at radius 2 is 1.81 bits per heavy atom. The Morgan fingerprint density at radius 3 is 2.27 bits per heavy atom. The molecule has 146 valence electrons. The summed E-state index contributed by atoms with van der Waals surface area (Å²) in [7, 11) is 2.96. The number of hydrogen-bond donors (Lipinski definition) is 1. The lowest BCUT2D eigenvalue weighted by molar-refractivity contribution is -0.166. The van der Waals surface area contributed by atoms with Gasteiger partial charge in [0.2, 0.25) is 0 Å². The van der Waals surface area contributed by atoms with Gasteiger partial charge in [0.15, 0.2) is 6.79 Å². The average molecular weight is 366 g/mol. The van der Waals surface area contributed by atoms with Gasteiger partial charge in [0.1, 0.15) is 5.75 Å². The number of carbonyl (C=O) groups excluding carboxylic acids is 2.